The number of benzene rings is 2. The number of aromatic nitrogens is 4. The van der Waals surface area contributed by atoms with E-state index in [1.54, 1.807) is 35.7 Å². The van der Waals surface area contributed by atoms with Gasteiger partial charge in [-0.25, -0.2) is 0 Å². The average Bonchev–Trinajstić information content (AvgIpc) is 3.25. The number of rotatable bonds is 5. The van der Waals surface area contributed by atoms with Crippen molar-refractivity contribution < 1.29 is 9.53 Å². The van der Waals surface area contributed by atoms with E-state index >= 15 is 0 Å². The lowest BCUT2D eigenvalue weighted by molar-refractivity contribution is 0.102. The lowest BCUT2D eigenvalue weighted by Gasteiger charge is -2.08. The van der Waals surface area contributed by atoms with Crippen LogP contribution in [-0.4, -0.2) is 25.7 Å². The SMILES string of the molecule is Cc1nnc2sc(C(=O)Nc3ccc(OCc4ccc(Cl)cc4)cc3)nn12. The van der Waals surface area contributed by atoms with E-state index < -0.39 is 0 Å². The van der Waals surface area contributed by atoms with Crippen molar-refractivity contribution in [2.24, 2.45) is 0 Å². The normalized spacial score (nSPS) is 10.9. The van der Waals surface area contributed by atoms with Crippen molar-refractivity contribution in [3.05, 3.63) is 69.9 Å². The number of carbonyl (C=O) groups is 1. The molecular formula is C18H14ClN5O2S. The lowest BCUT2D eigenvalue weighted by Crippen LogP contribution is -2.12. The van der Waals surface area contributed by atoms with Gasteiger partial charge in [0, 0.05) is 10.7 Å². The third-order valence-electron chi connectivity index (χ3n) is 3.77. The molecule has 0 unspecified atom stereocenters. The Bertz CT molecular complexity index is 1090. The van der Waals surface area contributed by atoms with Gasteiger partial charge in [-0.1, -0.05) is 35.1 Å². The van der Waals surface area contributed by atoms with Gasteiger partial charge in [-0.3, -0.25) is 4.79 Å². The van der Waals surface area contributed by atoms with Gasteiger partial charge in [0.2, 0.25) is 9.97 Å². The maximum absolute atomic E-state index is 12.3. The number of halogens is 1. The molecule has 0 aliphatic heterocycles. The fourth-order valence-electron chi connectivity index (χ4n) is 2.37. The molecule has 0 bridgehead atoms. The molecule has 7 nitrogen and oxygen atoms in total. The zero-order valence-corrected chi connectivity index (χ0v) is 15.8. The van der Waals surface area contributed by atoms with Crippen LogP contribution in [-0.2, 0) is 6.61 Å². The summed E-state index contributed by atoms with van der Waals surface area (Å²) in [6.45, 7) is 2.22. The van der Waals surface area contributed by atoms with Crippen LogP contribution < -0.4 is 10.1 Å². The lowest BCUT2D eigenvalue weighted by atomic mass is 10.2. The average molecular weight is 400 g/mol. The predicted octanol–water partition coefficient (Wildman–Crippen LogP) is 3.98. The first-order valence-electron chi connectivity index (χ1n) is 8.06. The quantitative estimate of drug-likeness (QED) is 0.549. The van der Waals surface area contributed by atoms with Crippen LogP contribution in [0.1, 0.15) is 21.2 Å². The minimum absolute atomic E-state index is 0.292. The summed E-state index contributed by atoms with van der Waals surface area (Å²) in [5.41, 5.74) is 1.68. The van der Waals surface area contributed by atoms with Crippen LogP contribution >= 0.6 is 22.9 Å². The molecule has 0 aliphatic carbocycles. The number of anilines is 1. The van der Waals surface area contributed by atoms with Crippen LogP contribution in [0.5, 0.6) is 5.75 Å². The Kier molecular flexibility index (Phi) is 4.74. The standard InChI is InChI=1S/C18H14ClN5O2S/c1-11-21-22-18-24(11)23-17(27-18)16(25)20-14-6-8-15(9-7-14)26-10-12-2-4-13(19)5-3-12/h2-9H,10H2,1H3,(H,20,25). The molecule has 1 N–H and O–H groups in total. The van der Waals surface area contributed by atoms with Crippen molar-refractivity contribution >= 4 is 39.5 Å². The molecule has 0 fully saturated rings. The first kappa shape index (κ1) is 17.4. The van der Waals surface area contributed by atoms with Crippen molar-refractivity contribution in [3.8, 4) is 5.75 Å². The number of hydrogen-bond donors (Lipinski definition) is 1. The van der Waals surface area contributed by atoms with Gasteiger partial charge in [0.15, 0.2) is 5.82 Å². The van der Waals surface area contributed by atoms with E-state index in [1.807, 2.05) is 24.3 Å². The van der Waals surface area contributed by atoms with Crippen molar-refractivity contribution in [1.29, 1.82) is 0 Å². The summed E-state index contributed by atoms with van der Waals surface area (Å²) in [6.07, 6.45) is 0. The highest BCUT2D eigenvalue weighted by Crippen LogP contribution is 2.20. The molecule has 4 rings (SSSR count). The van der Waals surface area contributed by atoms with E-state index in [0.717, 1.165) is 5.56 Å². The van der Waals surface area contributed by atoms with Gasteiger partial charge in [-0.2, -0.15) is 4.52 Å². The van der Waals surface area contributed by atoms with Crippen molar-refractivity contribution in [2.45, 2.75) is 13.5 Å². The molecule has 0 aliphatic rings. The largest absolute Gasteiger partial charge is 0.489 e. The molecule has 0 radical (unpaired) electrons. The minimum Gasteiger partial charge on any atom is -0.489 e. The molecule has 0 atom stereocenters. The first-order chi connectivity index (χ1) is 13.1. The molecule has 2 aromatic heterocycles. The third kappa shape index (κ3) is 3.91. The molecule has 1 amide bonds. The number of nitrogens with one attached hydrogen (secondary N) is 1. The Hall–Kier alpha value is -2.97. The summed E-state index contributed by atoms with van der Waals surface area (Å²) < 4.78 is 7.28. The molecule has 9 heteroatoms. The predicted molar refractivity (Wildman–Crippen MR) is 104 cm³/mol. The van der Waals surface area contributed by atoms with Gasteiger partial charge in [-0.15, -0.1) is 15.3 Å². The highest BCUT2D eigenvalue weighted by atomic mass is 35.5. The van der Waals surface area contributed by atoms with E-state index in [2.05, 4.69) is 20.6 Å². The number of nitrogens with zero attached hydrogens (tertiary/aromatic N) is 4. The summed E-state index contributed by atoms with van der Waals surface area (Å²) in [4.78, 5) is 12.9. The molecule has 2 aromatic carbocycles. The molecule has 136 valence electrons. The summed E-state index contributed by atoms with van der Waals surface area (Å²) in [6, 6.07) is 14.6. The first-order valence-corrected chi connectivity index (χ1v) is 9.25. The monoisotopic (exact) mass is 399 g/mol. The molecular weight excluding hydrogens is 386 g/mol. The zero-order chi connectivity index (χ0) is 18.8. The van der Waals surface area contributed by atoms with Crippen molar-refractivity contribution in [1.82, 2.24) is 19.8 Å². The maximum atomic E-state index is 12.3. The summed E-state index contributed by atoms with van der Waals surface area (Å²) in [7, 11) is 0. The number of hydrogen-bond acceptors (Lipinski definition) is 6. The van der Waals surface area contributed by atoms with Crippen molar-refractivity contribution in [2.75, 3.05) is 5.32 Å². The van der Waals surface area contributed by atoms with Gasteiger partial charge < -0.3 is 10.1 Å². The smallest absolute Gasteiger partial charge is 0.286 e. The zero-order valence-electron chi connectivity index (χ0n) is 14.2. The second kappa shape index (κ2) is 7.34. The van der Waals surface area contributed by atoms with E-state index in [1.165, 1.54) is 11.3 Å². The highest BCUT2D eigenvalue weighted by Gasteiger charge is 2.15. The number of aryl methyl sites for hydroxylation is 1. The number of ether oxygens (including phenoxy) is 1. The Labute approximate surface area is 163 Å². The Morgan fingerprint density at radius 3 is 2.59 bits per heavy atom. The Morgan fingerprint density at radius 1 is 1.15 bits per heavy atom. The van der Waals surface area contributed by atoms with Crippen LogP contribution in [0.25, 0.3) is 4.96 Å². The second-order valence-electron chi connectivity index (χ2n) is 5.74. The van der Waals surface area contributed by atoms with Crippen LogP contribution in [0.3, 0.4) is 0 Å². The fraction of sp³-hybridized carbons (Fsp3) is 0.111. The molecule has 0 saturated carbocycles. The maximum Gasteiger partial charge on any atom is 0.286 e. The minimum atomic E-state index is -0.292. The number of amides is 1. The van der Waals surface area contributed by atoms with Crippen LogP contribution in [0.15, 0.2) is 48.5 Å². The molecule has 2 heterocycles. The van der Waals surface area contributed by atoms with Gasteiger partial charge in [0.25, 0.3) is 5.91 Å². The fourth-order valence-corrected chi connectivity index (χ4v) is 3.28. The van der Waals surface area contributed by atoms with Gasteiger partial charge in [-0.05, 0) is 48.9 Å². The van der Waals surface area contributed by atoms with E-state index in [9.17, 15) is 4.79 Å². The molecule has 0 saturated heterocycles. The van der Waals surface area contributed by atoms with E-state index in [4.69, 9.17) is 16.3 Å². The Morgan fingerprint density at radius 2 is 1.89 bits per heavy atom. The molecule has 0 spiro atoms. The van der Waals surface area contributed by atoms with Crippen molar-refractivity contribution in [3.63, 3.8) is 0 Å². The molecule has 4 aromatic rings. The van der Waals surface area contributed by atoms with Crippen LogP contribution in [0.4, 0.5) is 5.69 Å². The number of carbonyl (C=O) groups excluding carboxylic acids is 1. The van der Waals surface area contributed by atoms with Gasteiger partial charge >= 0.3 is 0 Å². The summed E-state index contributed by atoms with van der Waals surface area (Å²) in [5.74, 6) is 1.06. The van der Waals surface area contributed by atoms with Crippen LogP contribution in [0.2, 0.25) is 5.02 Å². The van der Waals surface area contributed by atoms with E-state index in [0.29, 0.717) is 38.9 Å². The summed E-state index contributed by atoms with van der Waals surface area (Å²) in [5, 5.41) is 15.9. The summed E-state index contributed by atoms with van der Waals surface area (Å²) >= 11 is 7.06. The van der Waals surface area contributed by atoms with Gasteiger partial charge in [0.1, 0.15) is 12.4 Å². The van der Waals surface area contributed by atoms with E-state index in [-0.39, 0.29) is 5.91 Å². The topological polar surface area (TPSA) is 81.4 Å². The highest BCUT2D eigenvalue weighted by molar-refractivity contribution is 7.18. The van der Waals surface area contributed by atoms with Crippen LogP contribution in [0, 0.1) is 6.92 Å². The molecule has 27 heavy (non-hydrogen) atoms. The third-order valence-corrected chi connectivity index (χ3v) is 4.92. The Balaban J connectivity index is 1.38. The second-order valence-corrected chi connectivity index (χ2v) is 7.13. The van der Waals surface area contributed by atoms with Gasteiger partial charge in [0.05, 0.1) is 0 Å². The number of fused-ring (bicyclic) bond motifs is 1.